The number of hydrogen-bond donors (Lipinski definition) is 1. The second-order valence-corrected chi connectivity index (χ2v) is 5.36. The first-order valence-electron chi connectivity index (χ1n) is 6.12. The molecule has 21 heavy (non-hydrogen) atoms. The lowest BCUT2D eigenvalue weighted by atomic mass is 10.0. The zero-order valence-corrected chi connectivity index (χ0v) is 12.2. The number of hydrogen-bond acceptors (Lipinski definition) is 2. The number of nitrogens with zero attached hydrogens (tertiary/aromatic N) is 1. The molecule has 3 aromatic rings. The Kier molecular flexibility index (Phi) is 3.32. The average molecular weight is 343 g/mol. The Bertz CT molecular complexity index is 908. The molecule has 0 saturated carbocycles. The summed E-state index contributed by atoms with van der Waals surface area (Å²) >= 11 is 3.08. The van der Waals surface area contributed by atoms with Crippen molar-refractivity contribution in [3.63, 3.8) is 0 Å². The third kappa shape index (κ3) is 2.24. The molecule has 5 heteroatoms. The highest BCUT2D eigenvalue weighted by Crippen LogP contribution is 2.25. The molecule has 0 atom stereocenters. The first-order valence-corrected chi connectivity index (χ1v) is 6.91. The van der Waals surface area contributed by atoms with E-state index in [0.29, 0.717) is 22.0 Å². The predicted molar refractivity (Wildman–Crippen MR) is 80.5 cm³/mol. The van der Waals surface area contributed by atoms with Crippen molar-refractivity contribution >= 4 is 32.6 Å². The summed E-state index contributed by atoms with van der Waals surface area (Å²) in [7, 11) is 0. The van der Waals surface area contributed by atoms with E-state index in [1.807, 2.05) is 6.07 Å². The number of ketones is 1. The van der Waals surface area contributed by atoms with E-state index < -0.39 is 11.6 Å². The van der Waals surface area contributed by atoms with Crippen LogP contribution in [0.15, 0.2) is 47.1 Å². The molecular formula is C16H8BrFN2O. The standard InChI is InChI=1S/C16H8BrFN2O/c17-13-3-1-2-11(15(13)18)16(21)12-8-20-14-6-9(7-19)4-5-10(12)14/h1-6,8,20H. The van der Waals surface area contributed by atoms with Crippen molar-refractivity contribution in [2.24, 2.45) is 0 Å². The van der Waals surface area contributed by atoms with Crippen molar-refractivity contribution in [2.45, 2.75) is 0 Å². The topological polar surface area (TPSA) is 56.6 Å². The van der Waals surface area contributed by atoms with E-state index in [1.165, 1.54) is 12.3 Å². The van der Waals surface area contributed by atoms with Gasteiger partial charge in [0.2, 0.25) is 0 Å². The van der Waals surface area contributed by atoms with Crippen LogP contribution in [0.25, 0.3) is 10.9 Å². The number of nitrogens with one attached hydrogen (secondary N) is 1. The van der Waals surface area contributed by atoms with Gasteiger partial charge in [0, 0.05) is 22.7 Å². The van der Waals surface area contributed by atoms with Gasteiger partial charge in [0.25, 0.3) is 0 Å². The Morgan fingerprint density at radius 1 is 1.24 bits per heavy atom. The average Bonchev–Trinajstić information content (AvgIpc) is 2.92. The van der Waals surface area contributed by atoms with Crippen LogP contribution in [0.1, 0.15) is 21.5 Å². The summed E-state index contributed by atoms with van der Waals surface area (Å²) < 4.78 is 14.3. The summed E-state index contributed by atoms with van der Waals surface area (Å²) in [6.45, 7) is 0. The lowest BCUT2D eigenvalue weighted by Gasteiger charge is -2.03. The van der Waals surface area contributed by atoms with Gasteiger partial charge in [-0.1, -0.05) is 12.1 Å². The zero-order chi connectivity index (χ0) is 15.0. The molecule has 0 aliphatic carbocycles. The molecule has 1 heterocycles. The molecule has 0 unspecified atom stereocenters. The monoisotopic (exact) mass is 342 g/mol. The quantitative estimate of drug-likeness (QED) is 0.710. The molecule has 0 aliphatic rings. The molecule has 0 fully saturated rings. The number of nitriles is 1. The van der Waals surface area contributed by atoms with E-state index in [-0.39, 0.29) is 10.0 Å². The highest BCUT2D eigenvalue weighted by molar-refractivity contribution is 9.10. The molecule has 0 aliphatic heterocycles. The van der Waals surface area contributed by atoms with Crippen molar-refractivity contribution < 1.29 is 9.18 Å². The number of aromatic amines is 1. The normalized spacial score (nSPS) is 10.5. The first-order chi connectivity index (χ1) is 10.1. The molecule has 1 aromatic heterocycles. The van der Waals surface area contributed by atoms with Crippen LogP contribution in [0.3, 0.4) is 0 Å². The minimum atomic E-state index is -0.578. The summed E-state index contributed by atoms with van der Waals surface area (Å²) in [5.41, 5.74) is 1.56. The number of halogens is 2. The second-order valence-electron chi connectivity index (χ2n) is 4.51. The minimum Gasteiger partial charge on any atom is -0.360 e. The van der Waals surface area contributed by atoms with Gasteiger partial charge in [-0.3, -0.25) is 4.79 Å². The van der Waals surface area contributed by atoms with E-state index in [0.717, 1.165) is 0 Å². The molecule has 0 spiro atoms. The lowest BCUT2D eigenvalue weighted by Crippen LogP contribution is -2.04. The third-order valence-corrected chi connectivity index (χ3v) is 3.86. The summed E-state index contributed by atoms with van der Waals surface area (Å²) in [6, 6.07) is 11.6. The number of rotatable bonds is 2. The van der Waals surface area contributed by atoms with Gasteiger partial charge in [-0.05, 0) is 40.2 Å². The predicted octanol–water partition coefficient (Wildman–Crippen LogP) is 4.17. The third-order valence-electron chi connectivity index (χ3n) is 3.25. The number of aromatic nitrogens is 1. The van der Waals surface area contributed by atoms with Gasteiger partial charge in [-0.15, -0.1) is 0 Å². The van der Waals surface area contributed by atoms with Crippen LogP contribution in [0.4, 0.5) is 4.39 Å². The summed E-state index contributed by atoms with van der Waals surface area (Å²) in [5.74, 6) is -0.977. The van der Waals surface area contributed by atoms with Gasteiger partial charge in [0.1, 0.15) is 5.82 Å². The van der Waals surface area contributed by atoms with Crippen LogP contribution in [0.2, 0.25) is 0 Å². The Labute approximate surface area is 128 Å². The van der Waals surface area contributed by atoms with Crippen LogP contribution in [-0.2, 0) is 0 Å². The summed E-state index contributed by atoms with van der Waals surface area (Å²) in [5, 5.41) is 9.54. The lowest BCUT2D eigenvalue weighted by molar-refractivity contribution is 0.103. The van der Waals surface area contributed by atoms with Gasteiger partial charge < -0.3 is 4.98 Å². The van der Waals surface area contributed by atoms with Gasteiger partial charge in [0.05, 0.1) is 21.7 Å². The van der Waals surface area contributed by atoms with Crippen molar-refractivity contribution in [3.05, 3.63) is 69.6 Å². The minimum absolute atomic E-state index is 0.00892. The van der Waals surface area contributed by atoms with Crippen molar-refractivity contribution in [3.8, 4) is 6.07 Å². The molecule has 0 amide bonds. The first kappa shape index (κ1) is 13.5. The van der Waals surface area contributed by atoms with Crippen LogP contribution in [0.5, 0.6) is 0 Å². The Hall–Kier alpha value is -2.45. The van der Waals surface area contributed by atoms with E-state index in [2.05, 4.69) is 20.9 Å². The number of H-pyrrole nitrogens is 1. The maximum absolute atomic E-state index is 14.0. The number of fused-ring (bicyclic) bond motifs is 1. The highest BCUT2D eigenvalue weighted by Gasteiger charge is 2.19. The van der Waals surface area contributed by atoms with Crippen LogP contribution in [-0.4, -0.2) is 10.8 Å². The molecule has 3 nitrogen and oxygen atoms in total. The molecule has 0 bridgehead atoms. The smallest absolute Gasteiger partial charge is 0.198 e. The maximum Gasteiger partial charge on any atom is 0.198 e. The molecule has 0 radical (unpaired) electrons. The van der Waals surface area contributed by atoms with Crippen LogP contribution >= 0.6 is 15.9 Å². The largest absolute Gasteiger partial charge is 0.360 e. The van der Waals surface area contributed by atoms with E-state index in [9.17, 15) is 9.18 Å². The van der Waals surface area contributed by atoms with Crippen molar-refractivity contribution in [2.75, 3.05) is 0 Å². The number of carbonyl (C=O) groups excluding carboxylic acids is 1. The number of benzene rings is 2. The maximum atomic E-state index is 14.0. The summed E-state index contributed by atoms with van der Waals surface area (Å²) in [6.07, 6.45) is 1.54. The second kappa shape index (κ2) is 5.15. The fraction of sp³-hybridized carbons (Fsp3) is 0. The molecule has 0 saturated heterocycles. The van der Waals surface area contributed by atoms with Gasteiger partial charge in [-0.2, -0.15) is 5.26 Å². The Morgan fingerprint density at radius 3 is 2.81 bits per heavy atom. The zero-order valence-electron chi connectivity index (χ0n) is 10.7. The SMILES string of the molecule is N#Cc1ccc2c(C(=O)c3cccc(Br)c3F)c[nH]c2c1. The molecular weight excluding hydrogens is 335 g/mol. The highest BCUT2D eigenvalue weighted by atomic mass is 79.9. The molecule has 2 aromatic carbocycles. The number of carbonyl (C=O) groups is 1. The molecule has 3 rings (SSSR count). The van der Waals surface area contributed by atoms with E-state index in [1.54, 1.807) is 30.3 Å². The van der Waals surface area contributed by atoms with Gasteiger partial charge in [-0.25, -0.2) is 4.39 Å². The van der Waals surface area contributed by atoms with Crippen LogP contribution < -0.4 is 0 Å². The van der Waals surface area contributed by atoms with E-state index in [4.69, 9.17) is 5.26 Å². The fourth-order valence-electron chi connectivity index (χ4n) is 2.21. The van der Waals surface area contributed by atoms with Crippen LogP contribution in [0, 0.1) is 17.1 Å². The Morgan fingerprint density at radius 2 is 2.05 bits per heavy atom. The van der Waals surface area contributed by atoms with E-state index >= 15 is 0 Å². The molecule has 102 valence electrons. The fourth-order valence-corrected chi connectivity index (χ4v) is 2.57. The summed E-state index contributed by atoms with van der Waals surface area (Å²) in [4.78, 5) is 15.4. The van der Waals surface area contributed by atoms with Crippen molar-refractivity contribution in [1.82, 2.24) is 4.98 Å². The van der Waals surface area contributed by atoms with Crippen molar-refractivity contribution in [1.29, 1.82) is 5.26 Å². The van der Waals surface area contributed by atoms with Gasteiger partial charge in [0.15, 0.2) is 5.78 Å². The van der Waals surface area contributed by atoms with Gasteiger partial charge >= 0.3 is 0 Å². The molecule has 1 N–H and O–H groups in total. The Balaban J connectivity index is 2.15.